The van der Waals surface area contributed by atoms with Crippen LogP contribution in [0.2, 0.25) is 0 Å². The van der Waals surface area contributed by atoms with Gasteiger partial charge in [0.1, 0.15) is 0 Å². The number of hydrogen-bond acceptors (Lipinski definition) is 4. The average Bonchev–Trinajstić information content (AvgIpc) is 2.15. The lowest BCUT2D eigenvalue weighted by Gasteiger charge is -1.89. The van der Waals surface area contributed by atoms with Crippen LogP contribution in [0.3, 0.4) is 0 Å². The van der Waals surface area contributed by atoms with E-state index in [9.17, 15) is 4.79 Å². The molecule has 0 atom stereocenters. The van der Waals surface area contributed by atoms with E-state index in [4.69, 9.17) is 0 Å². The lowest BCUT2D eigenvalue weighted by molar-refractivity contribution is -0.132. The first-order valence-corrected chi connectivity index (χ1v) is 2.35. The zero-order valence-corrected chi connectivity index (χ0v) is 4.83. The number of ether oxygens (including phenoxy) is 1. The number of rotatable bonds is 1. The molecule has 1 aromatic rings. The molecule has 0 unspecified atom stereocenters. The summed E-state index contributed by atoms with van der Waals surface area (Å²) in [6.45, 7) is 1.30. The second-order valence-corrected chi connectivity index (χ2v) is 1.42. The van der Waals surface area contributed by atoms with Gasteiger partial charge in [0.15, 0.2) is 12.7 Å². The van der Waals surface area contributed by atoms with Crippen molar-refractivity contribution in [3.63, 3.8) is 0 Å². The maximum Gasteiger partial charge on any atom is 0.309 e. The van der Waals surface area contributed by atoms with Crippen molar-refractivity contribution < 1.29 is 13.9 Å². The predicted molar refractivity (Wildman–Crippen MR) is 27.8 cm³/mol. The molecule has 0 aliphatic heterocycles. The summed E-state index contributed by atoms with van der Waals surface area (Å²) in [5.74, 6) is -0.202. The van der Waals surface area contributed by atoms with Crippen LogP contribution < -0.4 is 4.74 Å². The smallest absolute Gasteiger partial charge is 0.309 e. The van der Waals surface area contributed by atoms with Crippen LogP contribution in [0, 0.1) is 0 Å². The van der Waals surface area contributed by atoms with Gasteiger partial charge < -0.3 is 9.15 Å². The second kappa shape index (κ2) is 2.30. The van der Waals surface area contributed by atoms with E-state index in [2.05, 4.69) is 14.1 Å². The summed E-state index contributed by atoms with van der Waals surface area (Å²) in [4.78, 5) is 13.8. The Morgan fingerprint density at radius 1 is 1.89 bits per heavy atom. The van der Waals surface area contributed by atoms with Crippen LogP contribution in [0.5, 0.6) is 5.88 Å². The number of nitrogens with zero attached hydrogens (tertiary/aromatic N) is 1. The molecule has 0 saturated heterocycles. The van der Waals surface area contributed by atoms with E-state index in [1.165, 1.54) is 19.6 Å². The first-order chi connectivity index (χ1) is 4.29. The van der Waals surface area contributed by atoms with Gasteiger partial charge in [0.2, 0.25) is 0 Å². The lowest BCUT2D eigenvalue weighted by atomic mass is 10.8. The van der Waals surface area contributed by atoms with Crippen LogP contribution >= 0.6 is 0 Å². The van der Waals surface area contributed by atoms with Gasteiger partial charge in [-0.2, -0.15) is 4.98 Å². The Morgan fingerprint density at radius 2 is 2.67 bits per heavy atom. The highest BCUT2D eigenvalue weighted by Crippen LogP contribution is 2.03. The van der Waals surface area contributed by atoms with Crippen molar-refractivity contribution in [3.05, 3.63) is 12.7 Å². The third-order valence-corrected chi connectivity index (χ3v) is 0.658. The van der Waals surface area contributed by atoms with Crippen LogP contribution in [0.4, 0.5) is 0 Å². The van der Waals surface area contributed by atoms with Crippen LogP contribution in [0.15, 0.2) is 17.1 Å². The molecule has 1 aromatic heterocycles. The molecule has 0 bridgehead atoms. The molecule has 0 saturated carbocycles. The molecular weight excluding hydrogens is 122 g/mol. The highest BCUT2D eigenvalue weighted by molar-refractivity contribution is 5.68. The molecule has 0 radical (unpaired) electrons. The fourth-order valence-electron chi connectivity index (χ4n) is 0.399. The number of carbonyl (C=O) groups is 1. The summed E-state index contributed by atoms with van der Waals surface area (Å²) < 4.78 is 9.04. The molecule has 0 aliphatic rings. The van der Waals surface area contributed by atoms with Crippen molar-refractivity contribution in [1.82, 2.24) is 4.98 Å². The van der Waals surface area contributed by atoms with Gasteiger partial charge in [-0.15, -0.1) is 0 Å². The number of esters is 1. The van der Waals surface area contributed by atoms with Crippen LogP contribution in [0.1, 0.15) is 6.92 Å². The minimum Gasteiger partial charge on any atom is -0.448 e. The van der Waals surface area contributed by atoms with E-state index in [1.54, 1.807) is 0 Å². The number of aromatic nitrogens is 1. The first kappa shape index (κ1) is 5.81. The minimum atomic E-state index is -0.399. The van der Waals surface area contributed by atoms with E-state index in [-0.39, 0.29) is 5.88 Å². The average molecular weight is 127 g/mol. The highest BCUT2D eigenvalue weighted by Gasteiger charge is 1.97. The van der Waals surface area contributed by atoms with Gasteiger partial charge in [0.05, 0.1) is 0 Å². The molecule has 1 rings (SSSR count). The largest absolute Gasteiger partial charge is 0.448 e. The predicted octanol–water partition coefficient (Wildman–Crippen LogP) is 0.600. The van der Waals surface area contributed by atoms with E-state index in [1.807, 2.05) is 0 Å². The van der Waals surface area contributed by atoms with Gasteiger partial charge in [0.25, 0.3) is 5.88 Å². The molecule has 0 fully saturated rings. The van der Waals surface area contributed by atoms with Gasteiger partial charge in [-0.05, 0) is 0 Å². The maximum atomic E-state index is 10.2. The Morgan fingerprint density at radius 3 is 3.11 bits per heavy atom. The van der Waals surface area contributed by atoms with E-state index < -0.39 is 5.97 Å². The molecule has 4 heteroatoms. The van der Waals surface area contributed by atoms with Crippen molar-refractivity contribution in [3.8, 4) is 5.88 Å². The molecule has 4 nitrogen and oxygen atoms in total. The van der Waals surface area contributed by atoms with Gasteiger partial charge in [-0.1, -0.05) is 0 Å². The lowest BCUT2D eigenvalue weighted by Crippen LogP contribution is -2.00. The highest BCUT2D eigenvalue weighted by atomic mass is 16.5. The first-order valence-electron chi connectivity index (χ1n) is 2.35. The summed E-state index contributed by atoms with van der Waals surface area (Å²) in [5, 5.41) is 0. The van der Waals surface area contributed by atoms with E-state index >= 15 is 0 Å². The second-order valence-electron chi connectivity index (χ2n) is 1.42. The number of hydrogen-bond donors (Lipinski definition) is 0. The van der Waals surface area contributed by atoms with Crippen molar-refractivity contribution in [2.45, 2.75) is 6.92 Å². The summed E-state index contributed by atoms with van der Waals surface area (Å²) in [6.07, 6.45) is 2.44. The SMILES string of the molecule is CC(=O)Oc1cocn1. The fraction of sp³-hybridized carbons (Fsp3) is 0.200. The van der Waals surface area contributed by atoms with Gasteiger partial charge in [-0.25, -0.2) is 0 Å². The summed E-state index contributed by atoms with van der Waals surface area (Å²) >= 11 is 0. The maximum absolute atomic E-state index is 10.2. The molecule has 48 valence electrons. The standard InChI is InChI=1S/C5H5NO3/c1-4(7)9-5-2-8-3-6-5/h2-3H,1H3. The molecule has 0 amide bonds. The number of oxazole rings is 1. The minimum absolute atomic E-state index is 0.197. The Kier molecular flexibility index (Phi) is 1.48. The third-order valence-electron chi connectivity index (χ3n) is 0.658. The molecular formula is C5H5NO3. The van der Waals surface area contributed by atoms with Gasteiger partial charge >= 0.3 is 5.97 Å². The Hall–Kier alpha value is -1.32. The van der Waals surface area contributed by atoms with Crippen LogP contribution in [0.25, 0.3) is 0 Å². The number of carbonyl (C=O) groups excluding carboxylic acids is 1. The Labute approximate surface area is 51.5 Å². The molecule has 0 spiro atoms. The normalized spacial score (nSPS) is 9.00. The summed E-state index contributed by atoms with van der Waals surface area (Å²) in [6, 6.07) is 0. The molecule has 0 N–H and O–H groups in total. The van der Waals surface area contributed by atoms with Crippen LogP contribution in [-0.2, 0) is 4.79 Å². The zero-order valence-electron chi connectivity index (χ0n) is 4.83. The molecule has 1 heterocycles. The Balaban J connectivity index is 2.58. The van der Waals surface area contributed by atoms with E-state index in [0.717, 1.165) is 0 Å². The third kappa shape index (κ3) is 1.56. The Bertz CT molecular complexity index is 192. The molecule has 0 aromatic carbocycles. The fourth-order valence-corrected chi connectivity index (χ4v) is 0.399. The van der Waals surface area contributed by atoms with E-state index in [0.29, 0.717) is 0 Å². The quantitative estimate of drug-likeness (QED) is 0.518. The van der Waals surface area contributed by atoms with Crippen LogP contribution in [-0.4, -0.2) is 11.0 Å². The van der Waals surface area contributed by atoms with Gasteiger partial charge in [0, 0.05) is 6.92 Å². The van der Waals surface area contributed by atoms with Crippen molar-refractivity contribution in [1.29, 1.82) is 0 Å². The molecule has 0 aliphatic carbocycles. The van der Waals surface area contributed by atoms with Gasteiger partial charge in [-0.3, -0.25) is 4.79 Å². The summed E-state index contributed by atoms with van der Waals surface area (Å²) in [7, 11) is 0. The van der Waals surface area contributed by atoms with Crippen molar-refractivity contribution in [2.75, 3.05) is 0 Å². The van der Waals surface area contributed by atoms with Crippen molar-refractivity contribution in [2.24, 2.45) is 0 Å². The monoisotopic (exact) mass is 127 g/mol. The summed E-state index contributed by atoms with van der Waals surface area (Å²) in [5.41, 5.74) is 0. The van der Waals surface area contributed by atoms with Crippen molar-refractivity contribution >= 4 is 5.97 Å². The topological polar surface area (TPSA) is 52.3 Å². The molecule has 9 heavy (non-hydrogen) atoms. The zero-order chi connectivity index (χ0) is 6.69.